The minimum Gasteiger partial charge on any atom is -0.198 e. The van der Waals surface area contributed by atoms with Crippen molar-refractivity contribution >= 4 is 11.3 Å². The van der Waals surface area contributed by atoms with Crippen LogP contribution < -0.4 is 0 Å². The van der Waals surface area contributed by atoms with Gasteiger partial charge in [-0.05, 0) is 37.3 Å². The van der Waals surface area contributed by atoms with E-state index in [4.69, 9.17) is 5.26 Å². The average Bonchev–Trinajstić information content (AvgIpc) is 2.54. The van der Waals surface area contributed by atoms with E-state index < -0.39 is 0 Å². The summed E-state index contributed by atoms with van der Waals surface area (Å²) in [4.78, 5) is 1.42. The van der Waals surface area contributed by atoms with Crippen LogP contribution in [0.2, 0.25) is 0 Å². The fourth-order valence-corrected chi connectivity index (χ4v) is 2.79. The maximum atomic E-state index is 8.88. The predicted octanol–water partition coefficient (Wildman–Crippen LogP) is 3.07. The molecule has 2 heteroatoms. The van der Waals surface area contributed by atoms with E-state index in [2.05, 4.69) is 31.4 Å². The van der Waals surface area contributed by atoms with Crippen molar-refractivity contribution in [2.45, 2.75) is 26.2 Å². The molecular formula is C10H11NS. The molecule has 0 aromatic carbocycles. The molecule has 0 bridgehead atoms. The summed E-state index contributed by atoms with van der Waals surface area (Å²) in [6.45, 7) is 4.18. The second-order valence-electron chi connectivity index (χ2n) is 3.75. The number of thiophene rings is 1. The van der Waals surface area contributed by atoms with Crippen LogP contribution >= 0.6 is 11.3 Å². The average molecular weight is 177 g/mol. The van der Waals surface area contributed by atoms with Crippen LogP contribution in [-0.4, -0.2) is 0 Å². The van der Waals surface area contributed by atoms with E-state index in [-0.39, 0.29) is 5.41 Å². The lowest BCUT2D eigenvalue weighted by Gasteiger charge is -1.98. The molecule has 0 amide bonds. The van der Waals surface area contributed by atoms with Crippen molar-refractivity contribution in [2.24, 2.45) is 5.41 Å². The zero-order valence-corrected chi connectivity index (χ0v) is 8.11. The molecule has 1 fully saturated rings. The number of hydrogen-bond acceptors (Lipinski definition) is 2. The van der Waals surface area contributed by atoms with Gasteiger partial charge in [0.2, 0.25) is 0 Å². The van der Waals surface area contributed by atoms with Gasteiger partial charge in [-0.2, -0.15) is 5.26 Å². The van der Waals surface area contributed by atoms with Gasteiger partial charge in [0.1, 0.15) is 0 Å². The van der Waals surface area contributed by atoms with E-state index in [9.17, 15) is 0 Å². The van der Waals surface area contributed by atoms with Gasteiger partial charge in [0.15, 0.2) is 0 Å². The third kappa shape index (κ3) is 0.971. The molecule has 12 heavy (non-hydrogen) atoms. The lowest BCUT2D eigenvalue weighted by Crippen LogP contribution is -1.91. The van der Waals surface area contributed by atoms with E-state index in [0.29, 0.717) is 5.92 Å². The van der Waals surface area contributed by atoms with Gasteiger partial charge in [0, 0.05) is 10.8 Å². The summed E-state index contributed by atoms with van der Waals surface area (Å²) in [6.07, 6.45) is 1.05. The Morgan fingerprint density at radius 1 is 1.75 bits per heavy atom. The van der Waals surface area contributed by atoms with Crippen molar-refractivity contribution < 1.29 is 0 Å². The largest absolute Gasteiger partial charge is 0.198 e. The number of nitrogens with zero attached hydrogens (tertiary/aromatic N) is 1. The van der Waals surface area contributed by atoms with Crippen LogP contribution in [-0.2, 0) is 0 Å². The molecule has 0 radical (unpaired) electrons. The minimum absolute atomic E-state index is 0.0599. The van der Waals surface area contributed by atoms with E-state index >= 15 is 0 Å². The smallest absolute Gasteiger partial charge is 0.0693 e. The highest BCUT2D eigenvalue weighted by Crippen LogP contribution is 2.60. The molecule has 2 unspecified atom stereocenters. The molecule has 62 valence electrons. The normalized spacial score (nSPS) is 32.9. The Morgan fingerprint density at radius 3 is 2.92 bits per heavy atom. The zero-order chi connectivity index (χ0) is 8.77. The van der Waals surface area contributed by atoms with Gasteiger partial charge < -0.3 is 0 Å². The number of nitriles is 1. The second-order valence-corrected chi connectivity index (χ2v) is 4.70. The third-order valence-corrected chi connectivity index (χ3v) is 3.84. The summed E-state index contributed by atoms with van der Waals surface area (Å²) in [5.74, 6) is 0.516. The summed E-state index contributed by atoms with van der Waals surface area (Å²) in [5, 5.41) is 11.0. The second kappa shape index (κ2) is 2.34. The Hall–Kier alpha value is -0.810. The molecule has 0 aliphatic heterocycles. The van der Waals surface area contributed by atoms with Crippen LogP contribution in [0.15, 0.2) is 11.4 Å². The van der Waals surface area contributed by atoms with E-state index in [1.54, 1.807) is 11.3 Å². The first-order chi connectivity index (χ1) is 5.67. The van der Waals surface area contributed by atoms with Gasteiger partial charge in [-0.1, -0.05) is 0 Å². The molecule has 0 saturated heterocycles. The van der Waals surface area contributed by atoms with Crippen LogP contribution in [0, 0.1) is 23.7 Å². The van der Waals surface area contributed by atoms with Gasteiger partial charge in [-0.3, -0.25) is 0 Å². The highest BCUT2D eigenvalue weighted by atomic mass is 32.1. The molecule has 0 spiro atoms. The van der Waals surface area contributed by atoms with Crippen molar-refractivity contribution in [2.75, 3.05) is 0 Å². The van der Waals surface area contributed by atoms with Gasteiger partial charge >= 0.3 is 0 Å². The lowest BCUT2D eigenvalue weighted by atomic mass is 10.1. The quantitative estimate of drug-likeness (QED) is 0.646. The maximum Gasteiger partial charge on any atom is 0.0693 e. The summed E-state index contributed by atoms with van der Waals surface area (Å²) < 4.78 is 0. The number of aryl methyl sites for hydroxylation is 1. The van der Waals surface area contributed by atoms with Crippen molar-refractivity contribution in [3.8, 4) is 6.07 Å². The standard InChI is InChI=1S/C10H11NS/c1-7-3-4-12-9(7)8-5-10(8,2)6-11/h3-4,8H,5H2,1-2H3. The van der Waals surface area contributed by atoms with Crippen molar-refractivity contribution in [3.63, 3.8) is 0 Å². The molecule has 1 aliphatic rings. The van der Waals surface area contributed by atoms with Crippen LogP contribution in [0.5, 0.6) is 0 Å². The van der Waals surface area contributed by atoms with Crippen molar-refractivity contribution in [1.82, 2.24) is 0 Å². The minimum atomic E-state index is -0.0599. The SMILES string of the molecule is Cc1ccsc1C1CC1(C)C#N. The number of rotatable bonds is 1. The Kier molecular flexibility index (Phi) is 1.52. The first kappa shape index (κ1) is 7.82. The van der Waals surface area contributed by atoms with E-state index in [0.717, 1.165) is 6.42 Å². The van der Waals surface area contributed by atoms with E-state index in [1.165, 1.54) is 10.4 Å². The molecule has 1 saturated carbocycles. The molecule has 1 aromatic rings. The Labute approximate surface area is 76.6 Å². The highest BCUT2D eigenvalue weighted by Gasteiger charge is 2.52. The van der Waals surface area contributed by atoms with Crippen LogP contribution in [0.3, 0.4) is 0 Å². The topological polar surface area (TPSA) is 23.8 Å². The summed E-state index contributed by atoms with van der Waals surface area (Å²) in [7, 11) is 0. The third-order valence-electron chi connectivity index (χ3n) is 2.71. The molecule has 1 aromatic heterocycles. The summed E-state index contributed by atoms with van der Waals surface area (Å²) in [5.41, 5.74) is 1.29. The fourth-order valence-electron chi connectivity index (χ4n) is 1.61. The van der Waals surface area contributed by atoms with Gasteiger partial charge in [-0.15, -0.1) is 11.3 Å². The first-order valence-electron chi connectivity index (χ1n) is 4.12. The molecule has 1 nitrogen and oxygen atoms in total. The molecular weight excluding hydrogens is 166 g/mol. The Bertz CT molecular complexity index is 347. The van der Waals surface area contributed by atoms with Crippen LogP contribution in [0.1, 0.15) is 29.7 Å². The Balaban J connectivity index is 2.27. The highest BCUT2D eigenvalue weighted by molar-refractivity contribution is 7.10. The van der Waals surface area contributed by atoms with E-state index in [1.807, 2.05) is 0 Å². The fraction of sp³-hybridized carbons (Fsp3) is 0.500. The first-order valence-corrected chi connectivity index (χ1v) is 5.00. The molecule has 1 heterocycles. The van der Waals surface area contributed by atoms with Gasteiger partial charge in [0.25, 0.3) is 0 Å². The Morgan fingerprint density at radius 2 is 2.50 bits per heavy atom. The van der Waals surface area contributed by atoms with Crippen LogP contribution in [0.4, 0.5) is 0 Å². The molecule has 2 atom stereocenters. The van der Waals surface area contributed by atoms with Gasteiger partial charge in [-0.25, -0.2) is 0 Å². The van der Waals surface area contributed by atoms with Crippen molar-refractivity contribution in [3.05, 3.63) is 21.9 Å². The maximum absolute atomic E-state index is 8.88. The molecule has 1 aliphatic carbocycles. The monoisotopic (exact) mass is 177 g/mol. The lowest BCUT2D eigenvalue weighted by molar-refractivity contribution is 0.730. The molecule has 2 rings (SSSR count). The summed E-state index contributed by atoms with van der Waals surface area (Å²) in [6, 6.07) is 4.52. The van der Waals surface area contributed by atoms with Crippen molar-refractivity contribution in [1.29, 1.82) is 5.26 Å². The zero-order valence-electron chi connectivity index (χ0n) is 7.29. The predicted molar refractivity (Wildman–Crippen MR) is 50.1 cm³/mol. The number of hydrogen-bond donors (Lipinski definition) is 0. The molecule has 0 N–H and O–H groups in total. The summed E-state index contributed by atoms with van der Waals surface area (Å²) >= 11 is 1.79. The van der Waals surface area contributed by atoms with Crippen LogP contribution in [0.25, 0.3) is 0 Å². The van der Waals surface area contributed by atoms with Gasteiger partial charge in [0.05, 0.1) is 11.5 Å².